The molecule has 0 aliphatic rings. The third-order valence-electron chi connectivity index (χ3n) is 1.38. The molecule has 0 aromatic carbocycles. The molecule has 0 aliphatic heterocycles. The molecule has 0 amide bonds. The first-order valence-electron chi connectivity index (χ1n) is 4.29. The monoisotopic (exact) mass is 239 g/mol. The van der Waals surface area contributed by atoms with Gasteiger partial charge in [-0.1, -0.05) is 0 Å². The first-order chi connectivity index (χ1) is 7.16. The second-order valence-corrected chi connectivity index (χ2v) is 3.42. The Morgan fingerprint density at radius 1 is 1.25 bits per heavy atom. The molecular formula is C8H17NO7. The molecule has 0 saturated carbocycles. The lowest BCUT2D eigenvalue weighted by atomic mass is 10.1. The number of rotatable bonds is 5. The molecule has 0 saturated heterocycles. The number of aliphatic carboxylic acids is 2. The van der Waals surface area contributed by atoms with Gasteiger partial charge < -0.3 is 31.3 Å². The fourth-order valence-corrected chi connectivity index (χ4v) is 0.303. The highest BCUT2D eigenvalue weighted by atomic mass is 16.4. The minimum absolute atomic E-state index is 0.177. The highest BCUT2D eigenvalue weighted by Gasteiger charge is 2.16. The fourth-order valence-electron chi connectivity index (χ4n) is 0.303. The molecular weight excluding hydrogens is 222 g/mol. The predicted octanol–water partition coefficient (Wildman–Crippen LogP) is -2.40. The van der Waals surface area contributed by atoms with E-state index in [1.807, 2.05) is 0 Å². The Labute approximate surface area is 91.9 Å². The Kier molecular flexibility index (Phi) is 8.58. The van der Waals surface area contributed by atoms with Crippen molar-refractivity contribution >= 4 is 11.9 Å². The zero-order valence-corrected chi connectivity index (χ0v) is 8.83. The van der Waals surface area contributed by atoms with Crippen LogP contribution in [0, 0.1) is 0 Å². The van der Waals surface area contributed by atoms with Gasteiger partial charge in [-0.05, 0) is 6.92 Å². The first-order valence-corrected chi connectivity index (χ1v) is 4.29. The second kappa shape index (κ2) is 7.99. The molecule has 0 aliphatic carbocycles. The lowest BCUT2D eigenvalue weighted by Gasteiger charge is -2.16. The van der Waals surface area contributed by atoms with Gasteiger partial charge in [-0.2, -0.15) is 0 Å². The van der Waals surface area contributed by atoms with Crippen molar-refractivity contribution in [3.63, 3.8) is 0 Å². The van der Waals surface area contributed by atoms with Gasteiger partial charge in [0, 0.05) is 0 Å². The minimum atomic E-state index is -1.79. The Morgan fingerprint density at radius 3 is 1.69 bits per heavy atom. The van der Waals surface area contributed by atoms with Crippen LogP contribution < -0.4 is 5.73 Å². The summed E-state index contributed by atoms with van der Waals surface area (Å²) in [6.45, 7) is 1.22. The van der Waals surface area contributed by atoms with Crippen LogP contribution in [0.5, 0.6) is 0 Å². The van der Waals surface area contributed by atoms with Gasteiger partial charge in [-0.25, -0.2) is 4.79 Å². The largest absolute Gasteiger partial charge is 0.481 e. The normalized spacial score (nSPS) is 12.3. The highest BCUT2D eigenvalue weighted by Crippen LogP contribution is 1.91. The van der Waals surface area contributed by atoms with Crippen molar-refractivity contribution < 1.29 is 35.1 Å². The lowest BCUT2D eigenvalue weighted by Crippen LogP contribution is -2.43. The Balaban J connectivity index is 0. The van der Waals surface area contributed by atoms with Crippen LogP contribution in [0.25, 0.3) is 0 Å². The highest BCUT2D eigenvalue weighted by molar-refractivity contribution is 5.79. The maximum absolute atomic E-state index is 9.72. The van der Waals surface area contributed by atoms with Crippen LogP contribution in [-0.2, 0) is 9.59 Å². The van der Waals surface area contributed by atoms with Crippen molar-refractivity contribution in [3.05, 3.63) is 0 Å². The van der Waals surface area contributed by atoms with Crippen LogP contribution in [0.4, 0.5) is 0 Å². The van der Waals surface area contributed by atoms with Crippen molar-refractivity contribution in [2.45, 2.75) is 25.0 Å². The van der Waals surface area contributed by atoms with Crippen molar-refractivity contribution in [1.29, 1.82) is 0 Å². The Hall–Kier alpha value is -1.22. The standard InChI is InChI=1S/C4H11NO2.C4H6O5/c1-4(5,2-6)3-7;5-2(4(8)9)1-3(6)7/h6-7H,2-3,5H2,1H3;2,5H,1H2,(H,6,7)(H,8,9). The van der Waals surface area contributed by atoms with Gasteiger partial charge in [0.05, 0.1) is 25.2 Å². The summed E-state index contributed by atoms with van der Waals surface area (Å²) in [5.41, 5.74) is 4.41. The molecule has 8 heteroatoms. The number of carbonyl (C=O) groups is 2. The third kappa shape index (κ3) is 10.9. The Morgan fingerprint density at radius 2 is 1.62 bits per heavy atom. The van der Waals surface area contributed by atoms with E-state index in [1.165, 1.54) is 0 Å². The van der Waals surface area contributed by atoms with Gasteiger partial charge in [0.25, 0.3) is 0 Å². The first kappa shape index (κ1) is 17.2. The van der Waals surface area contributed by atoms with E-state index in [2.05, 4.69) is 0 Å². The summed E-state index contributed by atoms with van der Waals surface area (Å²) in [5.74, 6) is -2.85. The molecule has 0 aromatic heterocycles. The van der Waals surface area contributed by atoms with E-state index in [9.17, 15) is 9.59 Å². The maximum Gasteiger partial charge on any atom is 0.333 e. The topological polar surface area (TPSA) is 161 Å². The molecule has 0 rings (SSSR count). The molecule has 0 heterocycles. The maximum atomic E-state index is 9.72. The molecule has 1 unspecified atom stereocenters. The van der Waals surface area contributed by atoms with Crippen molar-refractivity contribution in [1.82, 2.24) is 0 Å². The summed E-state index contributed by atoms with van der Waals surface area (Å²) in [5, 5.41) is 40.8. The van der Waals surface area contributed by atoms with Crippen LogP contribution in [-0.4, -0.2) is 62.3 Å². The summed E-state index contributed by atoms with van der Waals surface area (Å²) in [4.78, 5) is 19.4. The van der Waals surface area contributed by atoms with Gasteiger partial charge >= 0.3 is 11.9 Å². The number of aliphatic hydroxyl groups is 3. The molecule has 0 fully saturated rings. The number of carboxylic acids is 2. The summed E-state index contributed by atoms with van der Waals surface area (Å²) in [6.07, 6.45) is -2.54. The quantitative estimate of drug-likeness (QED) is 0.309. The molecule has 0 radical (unpaired) electrons. The number of aliphatic hydroxyl groups excluding tert-OH is 3. The lowest BCUT2D eigenvalue weighted by molar-refractivity contribution is -0.152. The van der Waals surface area contributed by atoms with E-state index in [0.29, 0.717) is 0 Å². The summed E-state index contributed by atoms with van der Waals surface area (Å²) in [7, 11) is 0. The fraction of sp³-hybridized carbons (Fsp3) is 0.750. The van der Waals surface area contributed by atoms with Gasteiger partial charge in [0.1, 0.15) is 0 Å². The number of nitrogens with two attached hydrogens (primary N) is 1. The van der Waals surface area contributed by atoms with Crippen LogP contribution in [0.3, 0.4) is 0 Å². The van der Waals surface area contributed by atoms with Crippen molar-refractivity contribution in [2.75, 3.05) is 13.2 Å². The summed E-state index contributed by atoms with van der Waals surface area (Å²) >= 11 is 0. The number of hydrogen-bond acceptors (Lipinski definition) is 6. The van der Waals surface area contributed by atoms with Crippen LogP contribution in [0.2, 0.25) is 0 Å². The molecule has 16 heavy (non-hydrogen) atoms. The molecule has 96 valence electrons. The van der Waals surface area contributed by atoms with Gasteiger partial charge in [0.15, 0.2) is 6.10 Å². The molecule has 1 atom stereocenters. The van der Waals surface area contributed by atoms with Crippen LogP contribution in [0.1, 0.15) is 13.3 Å². The van der Waals surface area contributed by atoms with Gasteiger partial charge in [0.2, 0.25) is 0 Å². The molecule has 7 N–H and O–H groups in total. The third-order valence-corrected chi connectivity index (χ3v) is 1.38. The summed E-state index contributed by atoms with van der Waals surface area (Å²) in [6, 6.07) is 0. The van der Waals surface area contributed by atoms with E-state index in [0.717, 1.165) is 0 Å². The van der Waals surface area contributed by atoms with E-state index in [4.69, 9.17) is 31.3 Å². The summed E-state index contributed by atoms with van der Waals surface area (Å²) < 4.78 is 0. The minimum Gasteiger partial charge on any atom is -0.481 e. The van der Waals surface area contributed by atoms with Crippen molar-refractivity contribution in [2.24, 2.45) is 5.73 Å². The van der Waals surface area contributed by atoms with E-state index < -0.39 is 30.0 Å². The molecule has 0 spiro atoms. The van der Waals surface area contributed by atoms with E-state index in [-0.39, 0.29) is 13.2 Å². The predicted molar refractivity (Wildman–Crippen MR) is 52.7 cm³/mol. The molecule has 8 nitrogen and oxygen atoms in total. The van der Waals surface area contributed by atoms with Gasteiger partial charge in [-0.15, -0.1) is 0 Å². The molecule has 0 bridgehead atoms. The Bertz CT molecular complexity index is 222. The van der Waals surface area contributed by atoms with E-state index >= 15 is 0 Å². The SMILES string of the molecule is CC(N)(CO)CO.O=C(O)CC(O)C(=O)O. The van der Waals surface area contributed by atoms with Crippen LogP contribution in [0.15, 0.2) is 0 Å². The smallest absolute Gasteiger partial charge is 0.333 e. The van der Waals surface area contributed by atoms with E-state index in [1.54, 1.807) is 6.92 Å². The molecule has 0 aromatic rings. The zero-order valence-electron chi connectivity index (χ0n) is 8.83. The average molecular weight is 239 g/mol. The second-order valence-electron chi connectivity index (χ2n) is 3.42. The average Bonchev–Trinajstić information content (AvgIpc) is 2.17. The van der Waals surface area contributed by atoms with Gasteiger partial charge in [-0.3, -0.25) is 4.79 Å². The zero-order chi connectivity index (χ0) is 13.4. The number of hydrogen-bond donors (Lipinski definition) is 6. The van der Waals surface area contributed by atoms with Crippen LogP contribution >= 0.6 is 0 Å². The van der Waals surface area contributed by atoms with Crippen molar-refractivity contribution in [3.8, 4) is 0 Å². The number of carboxylic acid groups (broad SMARTS) is 2.